The first-order chi connectivity index (χ1) is 8.13. The van der Waals surface area contributed by atoms with Crippen molar-refractivity contribution < 1.29 is 14.3 Å². The SMILES string of the molecule is COC(=O)C1(C(N)=O)CCCc2ccccc21. The maximum absolute atomic E-state index is 12.0. The van der Waals surface area contributed by atoms with E-state index in [9.17, 15) is 9.59 Å². The maximum Gasteiger partial charge on any atom is 0.325 e. The molecular formula is C13H15NO3. The van der Waals surface area contributed by atoms with Crippen molar-refractivity contribution in [2.75, 3.05) is 7.11 Å². The van der Waals surface area contributed by atoms with Crippen LogP contribution in [-0.2, 0) is 26.2 Å². The topological polar surface area (TPSA) is 69.4 Å². The van der Waals surface area contributed by atoms with Crippen LogP contribution in [0.25, 0.3) is 0 Å². The number of aryl methyl sites for hydroxylation is 1. The summed E-state index contributed by atoms with van der Waals surface area (Å²) in [4.78, 5) is 23.7. The van der Waals surface area contributed by atoms with E-state index in [-0.39, 0.29) is 0 Å². The van der Waals surface area contributed by atoms with Crippen molar-refractivity contribution in [1.29, 1.82) is 0 Å². The summed E-state index contributed by atoms with van der Waals surface area (Å²) in [6.07, 6.45) is 2.04. The van der Waals surface area contributed by atoms with Gasteiger partial charge in [0, 0.05) is 0 Å². The zero-order valence-corrected chi connectivity index (χ0v) is 9.73. The van der Waals surface area contributed by atoms with E-state index in [4.69, 9.17) is 10.5 Å². The molecule has 0 radical (unpaired) electrons. The maximum atomic E-state index is 12.0. The molecule has 90 valence electrons. The van der Waals surface area contributed by atoms with E-state index in [1.807, 2.05) is 18.2 Å². The molecule has 4 heteroatoms. The molecule has 1 unspecified atom stereocenters. The first kappa shape index (κ1) is 11.6. The Hall–Kier alpha value is -1.84. The number of hydrogen-bond donors (Lipinski definition) is 1. The van der Waals surface area contributed by atoms with Crippen LogP contribution in [0.2, 0.25) is 0 Å². The van der Waals surface area contributed by atoms with Gasteiger partial charge in [-0.2, -0.15) is 0 Å². The van der Waals surface area contributed by atoms with Crippen LogP contribution in [0.4, 0.5) is 0 Å². The van der Waals surface area contributed by atoms with Gasteiger partial charge in [-0.15, -0.1) is 0 Å². The number of benzene rings is 1. The fourth-order valence-corrected chi connectivity index (χ4v) is 2.58. The molecule has 2 N–H and O–H groups in total. The van der Waals surface area contributed by atoms with Crippen LogP contribution < -0.4 is 5.73 Å². The molecule has 0 heterocycles. The van der Waals surface area contributed by atoms with Crippen molar-refractivity contribution in [2.24, 2.45) is 5.73 Å². The highest BCUT2D eigenvalue weighted by atomic mass is 16.5. The fraction of sp³-hybridized carbons (Fsp3) is 0.385. The van der Waals surface area contributed by atoms with Crippen molar-refractivity contribution >= 4 is 11.9 Å². The molecule has 4 nitrogen and oxygen atoms in total. The molecule has 1 aliphatic rings. The van der Waals surface area contributed by atoms with Gasteiger partial charge in [0.05, 0.1) is 7.11 Å². The Balaban J connectivity index is 2.63. The molecule has 1 amide bonds. The van der Waals surface area contributed by atoms with Crippen molar-refractivity contribution in [2.45, 2.75) is 24.7 Å². The van der Waals surface area contributed by atoms with Crippen LogP contribution in [0.5, 0.6) is 0 Å². The molecule has 0 saturated carbocycles. The molecule has 1 aromatic carbocycles. The summed E-state index contributed by atoms with van der Waals surface area (Å²) in [5, 5.41) is 0. The molecular weight excluding hydrogens is 218 g/mol. The normalized spacial score (nSPS) is 22.6. The summed E-state index contributed by atoms with van der Waals surface area (Å²) in [6.45, 7) is 0. The standard InChI is InChI=1S/C13H15NO3/c1-17-12(16)13(11(14)15)8-4-6-9-5-2-3-7-10(9)13/h2-3,5,7H,4,6,8H2,1H3,(H2,14,15). The third kappa shape index (κ3) is 1.60. The lowest BCUT2D eigenvalue weighted by Crippen LogP contribution is -2.50. The van der Waals surface area contributed by atoms with Gasteiger partial charge in [-0.05, 0) is 30.4 Å². The summed E-state index contributed by atoms with van der Waals surface area (Å²) in [5.74, 6) is -1.19. The third-order valence-corrected chi connectivity index (χ3v) is 3.43. The molecule has 1 aromatic rings. The van der Waals surface area contributed by atoms with Gasteiger partial charge in [-0.25, -0.2) is 0 Å². The number of rotatable bonds is 2. The molecule has 0 fully saturated rings. The first-order valence-corrected chi connectivity index (χ1v) is 5.59. The van der Waals surface area contributed by atoms with Gasteiger partial charge in [0.1, 0.15) is 0 Å². The van der Waals surface area contributed by atoms with E-state index < -0.39 is 17.3 Å². The minimum atomic E-state index is -1.30. The highest BCUT2D eigenvalue weighted by Gasteiger charge is 2.49. The summed E-state index contributed by atoms with van der Waals surface area (Å²) >= 11 is 0. The summed E-state index contributed by atoms with van der Waals surface area (Å²) in [6, 6.07) is 7.42. The lowest BCUT2D eigenvalue weighted by atomic mass is 9.69. The first-order valence-electron chi connectivity index (χ1n) is 5.59. The van der Waals surface area contributed by atoms with Crippen molar-refractivity contribution in [3.8, 4) is 0 Å². The minimum absolute atomic E-state index is 0.423. The largest absolute Gasteiger partial charge is 0.468 e. The Morgan fingerprint density at radius 2 is 2.06 bits per heavy atom. The zero-order chi connectivity index (χ0) is 12.5. The average molecular weight is 233 g/mol. The number of methoxy groups -OCH3 is 1. The van der Waals surface area contributed by atoms with Crippen molar-refractivity contribution in [3.63, 3.8) is 0 Å². The van der Waals surface area contributed by atoms with E-state index in [0.29, 0.717) is 12.0 Å². The smallest absolute Gasteiger partial charge is 0.325 e. The van der Waals surface area contributed by atoms with Gasteiger partial charge in [-0.1, -0.05) is 24.3 Å². The Bertz CT molecular complexity index is 469. The summed E-state index contributed by atoms with van der Waals surface area (Å²) in [5.41, 5.74) is 5.85. The number of amides is 1. The fourth-order valence-electron chi connectivity index (χ4n) is 2.58. The van der Waals surface area contributed by atoms with Gasteiger partial charge in [0.25, 0.3) is 0 Å². The van der Waals surface area contributed by atoms with Crippen molar-refractivity contribution in [3.05, 3.63) is 35.4 Å². The lowest BCUT2D eigenvalue weighted by molar-refractivity contribution is -0.152. The van der Waals surface area contributed by atoms with Crippen LogP contribution in [0.15, 0.2) is 24.3 Å². The van der Waals surface area contributed by atoms with E-state index in [1.54, 1.807) is 6.07 Å². The van der Waals surface area contributed by atoms with Crippen LogP contribution in [0.3, 0.4) is 0 Å². The number of esters is 1. The number of nitrogens with two attached hydrogens (primary N) is 1. The van der Waals surface area contributed by atoms with Crippen LogP contribution >= 0.6 is 0 Å². The van der Waals surface area contributed by atoms with Crippen LogP contribution in [0.1, 0.15) is 24.0 Å². The number of carbonyl (C=O) groups excluding carboxylic acids is 2. The molecule has 0 spiro atoms. The second-order valence-electron chi connectivity index (χ2n) is 4.27. The Kier molecular flexibility index (Phi) is 2.88. The van der Waals surface area contributed by atoms with E-state index in [1.165, 1.54) is 7.11 Å². The third-order valence-electron chi connectivity index (χ3n) is 3.43. The number of hydrogen-bond acceptors (Lipinski definition) is 3. The molecule has 17 heavy (non-hydrogen) atoms. The second kappa shape index (κ2) is 4.20. The van der Waals surface area contributed by atoms with Gasteiger partial charge in [-0.3, -0.25) is 9.59 Å². The number of primary amides is 1. The summed E-state index contributed by atoms with van der Waals surface area (Å²) in [7, 11) is 1.28. The Morgan fingerprint density at radius 1 is 1.35 bits per heavy atom. The Labute approximate surface area is 99.8 Å². The van der Waals surface area contributed by atoms with Crippen LogP contribution in [0, 0.1) is 0 Å². The second-order valence-corrected chi connectivity index (χ2v) is 4.27. The monoisotopic (exact) mass is 233 g/mol. The minimum Gasteiger partial charge on any atom is -0.468 e. The zero-order valence-electron chi connectivity index (χ0n) is 9.73. The molecule has 2 rings (SSSR count). The average Bonchev–Trinajstić information content (AvgIpc) is 2.36. The predicted molar refractivity (Wildman–Crippen MR) is 62.3 cm³/mol. The number of ether oxygens (including phenoxy) is 1. The van der Waals surface area contributed by atoms with E-state index in [0.717, 1.165) is 18.4 Å². The van der Waals surface area contributed by atoms with Gasteiger partial charge in [0.15, 0.2) is 5.41 Å². The quantitative estimate of drug-likeness (QED) is 0.610. The molecule has 0 saturated heterocycles. The van der Waals surface area contributed by atoms with Gasteiger partial charge >= 0.3 is 5.97 Å². The Morgan fingerprint density at radius 3 is 2.71 bits per heavy atom. The highest BCUT2D eigenvalue weighted by Crippen LogP contribution is 2.38. The molecule has 1 aliphatic carbocycles. The molecule has 0 bridgehead atoms. The van der Waals surface area contributed by atoms with Gasteiger partial charge in [0.2, 0.25) is 5.91 Å². The number of fused-ring (bicyclic) bond motifs is 1. The summed E-state index contributed by atoms with van der Waals surface area (Å²) < 4.78 is 4.77. The highest BCUT2D eigenvalue weighted by molar-refractivity contribution is 6.08. The molecule has 0 aromatic heterocycles. The lowest BCUT2D eigenvalue weighted by Gasteiger charge is -2.33. The van der Waals surface area contributed by atoms with E-state index >= 15 is 0 Å². The van der Waals surface area contributed by atoms with Crippen LogP contribution in [-0.4, -0.2) is 19.0 Å². The van der Waals surface area contributed by atoms with E-state index in [2.05, 4.69) is 0 Å². The predicted octanol–water partition coefficient (Wildman–Crippen LogP) is 0.919. The van der Waals surface area contributed by atoms with Crippen molar-refractivity contribution in [1.82, 2.24) is 0 Å². The van der Waals surface area contributed by atoms with Gasteiger partial charge < -0.3 is 10.5 Å². The molecule has 1 atom stereocenters. The number of carbonyl (C=O) groups is 2. The molecule has 0 aliphatic heterocycles.